The van der Waals surface area contributed by atoms with E-state index in [2.05, 4.69) is 5.32 Å². The van der Waals surface area contributed by atoms with E-state index in [1.54, 1.807) is 0 Å². The summed E-state index contributed by atoms with van der Waals surface area (Å²) >= 11 is 0. The smallest absolute Gasteiger partial charge is 0.00200 e. The van der Waals surface area contributed by atoms with Gasteiger partial charge in [0.25, 0.3) is 0 Å². The molecule has 2 heteroatoms. The molecule has 1 heterocycles. The first kappa shape index (κ1) is 9.34. The van der Waals surface area contributed by atoms with E-state index in [1.165, 1.54) is 45.2 Å². The quantitative estimate of drug-likeness (QED) is 0.694. The third-order valence-corrected chi connectivity index (χ3v) is 2.84. The minimum Gasteiger partial charge on any atom is -0.316 e. The first-order valence-corrected chi connectivity index (χ1v) is 4.66. The highest BCUT2D eigenvalue weighted by Gasteiger charge is 2.23. The molecule has 1 saturated heterocycles. The van der Waals surface area contributed by atoms with Crippen LogP contribution in [0, 0.1) is 11.8 Å². The predicted octanol–water partition coefficient (Wildman–Crippen LogP) is 2.21. The molecule has 0 bridgehead atoms. The van der Waals surface area contributed by atoms with Crippen LogP contribution in [-0.4, -0.2) is 13.1 Å². The van der Waals surface area contributed by atoms with E-state index in [-0.39, 0.29) is 12.4 Å². The maximum absolute atomic E-state index is 3.42. The van der Waals surface area contributed by atoms with Crippen molar-refractivity contribution >= 4 is 12.4 Å². The van der Waals surface area contributed by atoms with Crippen molar-refractivity contribution in [3.63, 3.8) is 0 Å². The second kappa shape index (κ2) is 4.32. The second-order valence-electron chi connectivity index (χ2n) is 3.88. The molecule has 1 nitrogen and oxygen atoms in total. The Morgan fingerprint density at radius 1 is 1.00 bits per heavy atom. The van der Waals surface area contributed by atoms with E-state index in [9.17, 15) is 0 Å². The Morgan fingerprint density at radius 2 is 1.73 bits per heavy atom. The van der Waals surface area contributed by atoms with Crippen LogP contribution < -0.4 is 5.32 Å². The summed E-state index contributed by atoms with van der Waals surface area (Å²) in [7, 11) is 0. The minimum absolute atomic E-state index is 0. The molecule has 1 aliphatic carbocycles. The Balaban J connectivity index is 0.000000605. The fourth-order valence-electron chi connectivity index (χ4n) is 1.84. The third-order valence-electron chi connectivity index (χ3n) is 2.84. The Morgan fingerprint density at radius 3 is 2.27 bits per heavy atom. The fourth-order valence-corrected chi connectivity index (χ4v) is 1.84. The SMILES string of the molecule is C1CC(CCC2CC2)CN1.Cl. The Bertz CT molecular complexity index is 106. The fraction of sp³-hybridized carbons (Fsp3) is 1.00. The molecule has 0 aromatic heterocycles. The van der Waals surface area contributed by atoms with E-state index in [0.717, 1.165) is 11.8 Å². The van der Waals surface area contributed by atoms with Gasteiger partial charge in [-0.25, -0.2) is 0 Å². The highest BCUT2D eigenvalue weighted by atomic mass is 35.5. The van der Waals surface area contributed by atoms with Crippen LogP contribution in [0.5, 0.6) is 0 Å². The highest BCUT2D eigenvalue weighted by molar-refractivity contribution is 5.85. The average molecular weight is 176 g/mol. The van der Waals surface area contributed by atoms with Crippen LogP contribution in [0.2, 0.25) is 0 Å². The number of halogens is 1. The van der Waals surface area contributed by atoms with E-state index >= 15 is 0 Å². The van der Waals surface area contributed by atoms with Crippen molar-refractivity contribution in [3.05, 3.63) is 0 Å². The van der Waals surface area contributed by atoms with Crippen molar-refractivity contribution in [1.82, 2.24) is 5.32 Å². The van der Waals surface area contributed by atoms with Crippen LogP contribution >= 0.6 is 12.4 Å². The summed E-state index contributed by atoms with van der Waals surface area (Å²) in [5.74, 6) is 2.17. The molecule has 1 unspecified atom stereocenters. The van der Waals surface area contributed by atoms with E-state index in [4.69, 9.17) is 0 Å². The standard InChI is InChI=1S/C9H17N.ClH/c1-2-8(1)3-4-9-5-6-10-7-9;/h8-10H,1-7H2;1H. The zero-order chi connectivity index (χ0) is 6.81. The summed E-state index contributed by atoms with van der Waals surface area (Å²) < 4.78 is 0. The van der Waals surface area contributed by atoms with Gasteiger partial charge in [0.2, 0.25) is 0 Å². The van der Waals surface area contributed by atoms with Crippen molar-refractivity contribution < 1.29 is 0 Å². The molecule has 2 fully saturated rings. The maximum Gasteiger partial charge on any atom is -0.00200 e. The van der Waals surface area contributed by atoms with E-state index < -0.39 is 0 Å². The lowest BCUT2D eigenvalue weighted by atomic mass is 10.0. The zero-order valence-electron chi connectivity index (χ0n) is 7.01. The molecule has 0 amide bonds. The number of nitrogens with one attached hydrogen (secondary N) is 1. The Hall–Kier alpha value is 0.250. The van der Waals surface area contributed by atoms with Crippen LogP contribution in [0.3, 0.4) is 0 Å². The lowest BCUT2D eigenvalue weighted by Gasteiger charge is -2.05. The van der Waals surface area contributed by atoms with Crippen LogP contribution in [0.15, 0.2) is 0 Å². The topological polar surface area (TPSA) is 12.0 Å². The molecule has 0 radical (unpaired) electrons. The second-order valence-corrected chi connectivity index (χ2v) is 3.88. The summed E-state index contributed by atoms with van der Waals surface area (Å²) in [5, 5.41) is 3.42. The molecule has 1 atom stereocenters. The van der Waals surface area contributed by atoms with Crippen molar-refractivity contribution in [2.75, 3.05) is 13.1 Å². The molecule has 2 aliphatic rings. The average Bonchev–Trinajstić information content (AvgIpc) is 2.63. The first-order chi connectivity index (χ1) is 4.95. The molecular formula is C9H18ClN. The molecule has 11 heavy (non-hydrogen) atoms. The molecule has 0 spiro atoms. The number of hydrogen-bond donors (Lipinski definition) is 1. The Kier molecular flexibility index (Phi) is 3.67. The summed E-state index contributed by atoms with van der Waals surface area (Å²) in [6, 6.07) is 0. The molecule has 66 valence electrons. The monoisotopic (exact) mass is 175 g/mol. The summed E-state index contributed by atoms with van der Waals surface area (Å²) in [4.78, 5) is 0. The van der Waals surface area contributed by atoms with Gasteiger partial charge in [0.05, 0.1) is 0 Å². The maximum atomic E-state index is 3.42. The van der Waals surface area contributed by atoms with Crippen molar-refractivity contribution in [3.8, 4) is 0 Å². The highest BCUT2D eigenvalue weighted by Crippen LogP contribution is 2.35. The molecule has 2 rings (SSSR count). The normalized spacial score (nSPS) is 30.0. The number of rotatable bonds is 3. The largest absolute Gasteiger partial charge is 0.316 e. The van der Waals surface area contributed by atoms with Gasteiger partial charge in [0, 0.05) is 0 Å². The summed E-state index contributed by atoms with van der Waals surface area (Å²) in [5.41, 5.74) is 0. The molecular weight excluding hydrogens is 158 g/mol. The van der Waals surface area contributed by atoms with Gasteiger partial charge < -0.3 is 5.32 Å². The van der Waals surface area contributed by atoms with Crippen LogP contribution in [-0.2, 0) is 0 Å². The van der Waals surface area contributed by atoms with Crippen molar-refractivity contribution in [2.45, 2.75) is 32.1 Å². The van der Waals surface area contributed by atoms with Gasteiger partial charge in [0.15, 0.2) is 0 Å². The lowest BCUT2D eigenvalue weighted by molar-refractivity contribution is 0.489. The zero-order valence-corrected chi connectivity index (χ0v) is 7.83. The van der Waals surface area contributed by atoms with Crippen LogP contribution in [0.1, 0.15) is 32.1 Å². The van der Waals surface area contributed by atoms with Crippen molar-refractivity contribution in [2.24, 2.45) is 11.8 Å². The molecule has 0 aromatic rings. The Labute approximate surface area is 75.4 Å². The number of hydrogen-bond acceptors (Lipinski definition) is 1. The summed E-state index contributed by atoms with van der Waals surface area (Å²) in [6.45, 7) is 2.57. The van der Waals surface area contributed by atoms with Gasteiger partial charge >= 0.3 is 0 Å². The van der Waals surface area contributed by atoms with E-state index in [1.807, 2.05) is 0 Å². The van der Waals surface area contributed by atoms with Gasteiger partial charge in [-0.2, -0.15) is 0 Å². The first-order valence-electron chi connectivity index (χ1n) is 4.66. The van der Waals surface area contributed by atoms with Gasteiger partial charge in [-0.1, -0.05) is 19.3 Å². The third kappa shape index (κ3) is 3.00. The van der Waals surface area contributed by atoms with Crippen molar-refractivity contribution in [1.29, 1.82) is 0 Å². The van der Waals surface area contributed by atoms with Gasteiger partial charge in [-0.15, -0.1) is 12.4 Å². The molecule has 1 N–H and O–H groups in total. The summed E-state index contributed by atoms with van der Waals surface area (Å²) in [6.07, 6.45) is 7.51. The van der Waals surface area contributed by atoms with Crippen LogP contribution in [0.25, 0.3) is 0 Å². The van der Waals surface area contributed by atoms with Gasteiger partial charge in [-0.05, 0) is 37.8 Å². The van der Waals surface area contributed by atoms with Gasteiger partial charge in [0.1, 0.15) is 0 Å². The lowest BCUT2D eigenvalue weighted by Crippen LogP contribution is -2.08. The molecule has 1 aliphatic heterocycles. The molecule has 0 aromatic carbocycles. The van der Waals surface area contributed by atoms with Crippen LogP contribution in [0.4, 0.5) is 0 Å². The predicted molar refractivity (Wildman–Crippen MR) is 50.2 cm³/mol. The minimum atomic E-state index is 0. The molecule has 1 saturated carbocycles. The van der Waals surface area contributed by atoms with Gasteiger partial charge in [-0.3, -0.25) is 0 Å². The van der Waals surface area contributed by atoms with E-state index in [0.29, 0.717) is 0 Å².